The van der Waals surface area contributed by atoms with Gasteiger partial charge in [-0.25, -0.2) is 4.98 Å². The highest BCUT2D eigenvalue weighted by Gasteiger charge is 2.18. The summed E-state index contributed by atoms with van der Waals surface area (Å²) in [5.41, 5.74) is 0. The SMILES string of the molecule is CCc1nccn1CCN1CCN(CC(=O)OC)CC1. The van der Waals surface area contributed by atoms with Crippen LogP contribution in [-0.4, -0.2) is 71.7 Å². The van der Waals surface area contributed by atoms with Crippen molar-refractivity contribution < 1.29 is 9.53 Å². The first-order valence-corrected chi connectivity index (χ1v) is 7.24. The molecule has 0 bridgehead atoms. The zero-order valence-corrected chi connectivity index (χ0v) is 12.4. The molecule has 0 unspecified atom stereocenters. The Morgan fingerprint density at radius 2 is 1.95 bits per heavy atom. The van der Waals surface area contributed by atoms with Crippen LogP contribution in [0, 0.1) is 0 Å². The lowest BCUT2D eigenvalue weighted by molar-refractivity contribution is -0.142. The maximum atomic E-state index is 11.2. The summed E-state index contributed by atoms with van der Waals surface area (Å²) in [5, 5.41) is 0. The standard InChI is InChI=1S/C14H24N4O2/c1-3-13-15-4-5-18(13)11-10-16-6-8-17(9-7-16)12-14(19)20-2/h4-5H,3,6-12H2,1-2H3. The molecular formula is C14H24N4O2. The number of aryl methyl sites for hydroxylation is 1. The van der Waals surface area contributed by atoms with Gasteiger partial charge in [-0.2, -0.15) is 0 Å². The molecule has 0 amide bonds. The molecule has 1 aliphatic rings. The van der Waals surface area contributed by atoms with Crippen molar-refractivity contribution in [1.29, 1.82) is 0 Å². The molecule has 1 aromatic rings. The van der Waals surface area contributed by atoms with Crippen molar-refractivity contribution in [3.63, 3.8) is 0 Å². The van der Waals surface area contributed by atoms with Gasteiger partial charge >= 0.3 is 5.97 Å². The lowest BCUT2D eigenvalue weighted by Gasteiger charge is -2.34. The summed E-state index contributed by atoms with van der Waals surface area (Å²) in [7, 11) is 1.44. The maximum absolute atomic E-state index is 11.2. The van der Waals surface area contributed by atoms with Gasteiger partial charge in [0.2, 0.25) is 0 Å². The Hall–Kier alpha value is -1.40. The normalized spacial score (nSPS) is 17.3. The molecule has 0 N–H and O–H groups in total. The molecule has 0 aromatic carbocycles. The van der Waals surface area contributed by atoms with E-state index in [1.54, 1.807) is 0 Å². The predicted molar refractivity (Wildman–Crippen MR) is 76.5 cm³/mol. The minimum Gasteiger partial charge on any atom is -0.468 e. The summed E-state index contributed by atoms with van der Waals surface area (Å²) in [6, 6.07) is 0. The van der Waals surface area contributed by atoms with Crippen LogP contribution in [-0.2, 0) is 22.5 Å². The minimum absolute atomic E-state index is 0.149. The van der Waals surface area contributed by atoms with E-state index in [1.807, 2.05) is 12.4 Å². The Kier molecular flexibility index (Phi) is 5.55. The van der Waals surface area contributed by atoms with E-state index in [9.17, 15) is 4.79 Å². The Morgan fingerprint density at radius 3 is 2.60 bits per heavy atom. The summed E-state index contributed by atoms with van der Waals surface area (Å²) >= 11 is 0. The average Bonchev–Trinajstić information content (AvgIpc) is 2.94. The highest BCUT2D eigenvalue weighted by molar-refractivity contribution is 5.71. The molecule has 0 aliphatic carbocycles. The van der Waals surface area contributed by atoms with Crippen molar-refractivity contribution in [2.45, 2.75) is 19.9 Å². The molecular weight excluding hydrogens is 256 g/mol. The van der Waals surface area contributed by atoms with Gasteiger partial charge < -0.3 is 9.30 Å². The second kappa shape index (κ2) is 7.40. The van der Waals surface area contributed by atoms with Gasteiger partial charge in [0.25, 0.3) is 0 Å². The van der Waals surface area contributed by atoms with Crippen molar-refractivity contribution >= 4 is 5.97 Å². The number of ether oxygens (including phenoxy) is 1. The molecule has 6 heteroatoms. The first-order chi connectivity index (χ1) is 9.72. The monoisotopic (exact) mass is 280 g/mol. The van der Waals surface area contributed by atoms with Crippen LogP contribution < -0.4 is 0 Å². The van der Waals surface area contributed by atoms with Crippen molar-refractivity contribution in [1.82, 2.24) is 19.4 Å². The fourth-order valence-electron chi connectivity index (χ4n) is 2.53. The molecule has 2 rings (SSSR count). The summed E-state index contributed by atoms with van der Waals surface area (Å²) in [5.74, 6) is 0.999. The van der Waals surface area contributed by atoms with E-state index in [-0.39, 0.29) is 5.97 Å². The first-order valence-electron chi connectivity index (χ1n) is 7.24. The van der Waals surface area contributed by atoms with Crippen LogP contribution in [0.2, 0.25) is 0 Å². The second-order valence-electron chi connectivity index (χ2n) is 5.08. The molecule has 1 aliphatic heterocycles. The molecule has 6 nitrogen and oxygen atoms in total. The van der Waals surface area contributed by atoms with Gasteiger partial charge in [-0.15, -0.1) is 0 Å². The van der Waals surface area contributed by atoms with Crippen LogP contribution in [0.25, 0.3) is 0 Å². The molecule has 2 heterocycles. The number of hydrogen-bond donors (Lipinski definition) is 0. The first kappa shape index (κ1) is 15.0. The Bertz CT molecular complexity index is 425. The fraction of sp³-hybridized carbons (Fsp3) is 0.714. The van der Waals surface area contributed by atoms with Crippen LogP contribution in [0.5, 0.6) is 0 Å². The van der Waals surface area contributed by atoms with Gasteiger partial charge in [-0.1, -0.05) is 6.92 Å². The molecule has 0 atom stereocenters. The number of nitrogens with zero attached hydrogens (tertiary/aromatic N) is 4. The fourth-order valence-corrected chi connectivity index (χ4v) is 2.53. The number of rotatable bonds is 6. The number of carbonyl (C=O) groups excluding carboxylic acids is 1. The summed E-state index contributed by atoms with van der Waals surface area (Å²) in [4.78, 5) is 20.2. The van der Waals surface area contributed by atoms with Crippen LogP contribution in [0.3, 0.4) is 0 Å². The van der Waals surface area contributed by atoms with E-state index in [0.29, 0.717) is 6.54 Å². The van der Waals surface area contributed by atoms with Crippen molar-refractivity contribution in [3.8, 4) is 0 Å². The van der Waals surface area contributed by atoms with Gasteiger partial charge in [0.1, 0.15) is 5.82 Å². The van der Waals surface area contributed by atoms with E-state index in [0.717, 1.165) is 51.5 Å². The highest BCUT2D eigenvalue weighted by atomic mass is 16.5. The molecule has 112 valence electrons. The molecule has 1 fully saturated rings. The number of carbonyl (C=O) groups is 1. The second-order valence-corrected chi connectivity index (χ2v) is 5.08. The number of esters is 1. The third-order valence-corrected chi connectivity index (χ3v) is 3.82. The van der Waals surface area contributed by atoms with Gasteiger partial charge in [-0.05, 0) is 0 Å². The largest absolute Gasteiger partial charge is 0.468 e. The summed E-state index contributed by atoms with van der Waals surface area (Å²) in [6.07, 6.45) is 4.89. The van der Waals surface area contributed by atoms with E-state index >= 15 is 0 Å². The van der Waals surface area contributed by atoms with Crippen molar-refractivity contribution in [2.75, 3.05) is 46.4 Å². The topological polar surface area (TPSA) is 50.6 Å². The number of hydrogen-bond acceptors (Lipinski definition) is 5. The smallest absolute Gasteiger partial charge is 0.319 e. The summed E-state index contributed by atoms with van der Waals surface area (Å²) < 4.78 is 6.92. The molecule has 0 radical (unpaired) electrons. The van der Waals surface area contributed by atoms with Gasteiger partial charge in [0.15, 0.2) is 0 Å². The molecule has 1 aromatic heterocycles. The number of imidazole rings is 1. The predicted octanol–water partition coefficient (Wildman–Crippen LogP) is 0.236. The quantitative estimate of drug-likeness (QED) is 0.699. The highest BCUT2D eigenvalue weighted by Crippen LogP contribution is 2.04. The van der Waals surface area contributed by atoms with E-state index in [2.05, 4.69) is 26.3 Å². The van der Waals surface area contributed by atoms with Crippen molar-refractivity contribution in [2.24, 2.45) is 0 Å². The Labute approximate surface area is 120 Å². The molecule has 0 spiro atoms. The third kappa shape index (κ3) is 4.05. The molecule has 20 heavy (non-hydrogen) atoms. The summed E-state index contributed by atoms with van der Waals surface area (Å²) in [6.45, 7) is 8.44. The Balaban J connectivity index is 1.71. The van der Waals surface area contributed by atoms with E-state index in [1.165, 1.54) is 7.11 Å². The Morgan fingerprint density at radius 1 is 1.25 bits per heavy atom. The van der Waals surface area contributed by atoms with E-state index < -0.39 is 0 Å². The van der Waals surface area contributed by atoms with Crippen molar-refractivity contribution in [3.05, 3.63) is 18.2 Å². The zero-order chi connectivity index (χ0) is 14.4. The van der Waals surface area contributed by atoms with Crippen LogP contribution in [0.4, 0.5) is 0 Å². The lowest BCUT2D eigenvalue weighted by atomic mass is 10.3. The average molecular weight is 280 g/mol. The third-order valence-electron chi connectivity index (χ3n) is 3.82. The minimum atomic E-state index is -0.149. The number of piperazine rings is 1. The number of aromatic nitrogens is 2. The zero-order valence-electron chi connectivity index (χ0n) is 12.4. The van der Waals surface area contributed by atoms with Crippen LogP contribution in [0.15, 0.2) is 12.4 Å². The van der Waals surface area contributed by atoms with Crippen LogP contribution in [0.1, 0.15) is 12.7 Å². The van der Waals surface area contributed by atoms with Gasteiger partial charge in [0, 0.05) is 58.1 Å². The molecule has 0 saturated carbocycles. The van der Waals surface area contributed by atoms with Crippen LogP contribution >= 0.6 is 0 Å². The van der Waals surface area contributed by atoms with Gasteiger partial charge in [0.05, 0.1) is 13.7 Å². The lowest BCUT2D eigenvalue weighted by Crippen LogP contribution is -2.48. The molecule has 1 saturated heterocycles. The van der Waals surface area contributed by atoms with E-state index in [4.69, 9.17) is 4.74 Å². The number of methoxy groups -OCH3 is 1. The maximum Gasteiger partial charge on any atom is 0.319 e. The van der Waals surface area contributed by atoms with Gasteiger partial charge in [-0.3, -0.25) is 14.6 Å².